The Balaban J connectivity index is 1.87. The van der Waals surface area contributed by atoms with Crippen LogP contribution in [0.1, 0.15) is 25.5 Å². The van der Waals surface area contributed by atoms with Gasteiger partial charge < -0.3 is 0 Å². The van der Waals surface area contributed by atoms with Crippen molar-refractivity contribution >= 4 is 9.84 Å². The number of benzene rings is 1. The fourth-order valence-electron chi connectivity index (χ4n) is 2.74. The van der Waals surface area contributed by atoms with Crippen LogP contribution in [0.25, 0.3) is 0 Å². The molecular weight excluding hydrogens is 310 g/mol. The van der Waals surface area contributed by atoms with Crippen molar-refractivity contribution in [3.8, 4) is 6.07 Å². The predicted molar refractivity (Wildman–Crippen MR) is 91.7 cm³/mol. The van der Waals surface area contributed by atoms with E-state index in [1.54, 1.807) is 13.8 Å². The Hall–Kier alpha value is -1.42. The third-order valence-corrected chi connectivity index (χ3v) is 6.61. The zero-order chi connectivity index (χ0) is 16.9. The van der Waals surface area contributed by atoms with Gasteiger partial charge in [-0.2, -0.15) is 5.26 Å². The van der Waals surface area contributed by atoms with Gasteiger partial charge in [-0.15, -0.1) is 0 Å². The minimum absolute atomic E-state index is 0.213. The molecule has 1 aromatic carbocycles. The van der Waals surface area contributed by atoms with E-state index in [0.717, 1.165) is 31.7 Å². The van der Waals surface area contributed by atoms with E-state index in [4.69, 9.17) is 0 Å². The number of hydrogen-bond acceptors (Lipinski definition) is 5. The first-order chi connectivity index (χ1) is 10.9. The summed E-state index contributed by atoms with van der Waals surface area (Å²) in [5.74, 6) is 0.213. The van der Waals surface area contributed by atoms with Gasteiger partial charge in [-0.05, 0) is 19.4 Å². The predicted octanol–water partition coefficient (Wildman–Crippen LogP) is 1.69. The molecule has 0 aliphatic carbocycles. The molecule has 2 rings (SSSR count). The van der Waals surface area contributed by atoms with Crippen molar-refractivity contribution < 1.29 is 8.42 Å². The second kappa shape index (κ2) is 7.91. The van der Waals surface area contributed by atoms with Gasteiger partial charge in [0.2, 0.25) is 0 Å². The van der Waals surface area contributed by atoms with Gasteiger partial charge in [0.05, 0.1) is 17.1 Å². The molecule has 1 fully saturated rings. The van der Waals surface area contributed by atoms with E-state index in [2.05, 4.69) is 15.9 Å². The van der Waals surface area contributed by atoms with Crippen molar-refractivity contribution in [1.29, 1.82) is 5.26 Å². The summed E-state index contributed by atoms with van der Waals surface area (Å²) >= 11 is 0. The van der Waals surface area contributed by atoms with E-state index in [-0.39, 0.29) is 17.0 Å². The molecule has 0 saturated carbocycles. The summed E-state index contributed by atoms with van der Waals surface area (Å²) in [5, 5.41) is 9.17. The topological polar surface area (TPSA) is 64.4 Å². The highest BCUT2D eigenvalue weighted by atomic mass is 32.2. The second-order valence-corrected chi connectivity index (χ2v) is 8.91. The highest BCUT2D eigenvalue weighted by Gasteiger charge is 2.26. The number of piperazine rings is 1. The average molecular weight is 335 g/mol. The summed E-state index contributed by atoms with van der Waals surface area (Å²) in [7, 11) is -2.98. The molecule has 1 aliphatic heterocycles. The van der Waals surface area contributed by atoms with Crippen LogP contribution in [0.3, 0.4) is 0 Å². The number of sulfone groups is 1. The monoisotopic (exact) mass is 335 g/mol. The summed E-state index contributed by atoms with van der Waals surface area (Å²) in [6.45, 7) is 7.22. The Morgan fingerprint density at radius 1 is 1.13 bits per heavy atom. The Bertz CT molecular complexity index is 630. The van der Waals surface area contributed by atoms with Gasteiger partial charge in [0.1, 0.15) is 6.04 Å². The number of rotatable bonds is 6. The number of nitriles is 1. The van der Waals surface area contributed by atoms with E-state index in [1.165, 1.54) is 0 Å². The molecular formula is C17H25N3O2S. The highest BCUT2D eigenvalue weighted by Crippen LogP contribution is 2.21. The van der Waals surface area contributed by atoms with Crippen LogP contribution in [0, 0.1) is 11.3 Å². The van der Waals surface area contributed by atoms with Gasteiger partial charge in [0.15, 0.2) is 9.84 Å². The standard InChI is InChI=1S/C17H25N3O2S/c1-15(2)23(21,22)13-12-19-8-10-20(11-9-19)17(14-18)16-6-4-3-5-7-16/h3-7,15,17H,8-13H2,1-2H3/t17-/m0/s1. The molecule has 0 N–H and O–H groups in total. The van der Waals surface area contributed by atoms with Crippen LogP contribution in [-0.2, 0) is 9.84 Å². The lowest BCUT2D eigenvalue weighted by Gasteiger charge is -2.37. The molecule has 0 radical (unpaired) electrons. The Labute approximate surface area is 139 Å². The molecule has 0 amide bonds. The van der Waals surface area contributed by atoms with Crippen molar-refractivity contribution in [2.75, 3.05) is 38.5 Å². The molecule has 1 aromatic rings. The molecule has 0 unspecified atom stereocenters. The molecule has 1 atom stereocenters. The Morgan fingerprint density at radius 3 is 2.26 bits per heavy atom. The summed E-state index contributed by atoms with van der Waals surface area (Å²) in [6, 6.07) is 12.0. The SMILES string of the molecule is CC(C)S(=O)(=O)CCN1CCN([C@@H](C#N)c2ccccc2)CC1. The molecule has 0 aromatic heterocycles. The third-order valence-electron chi connectivity index (χ3n) is 4.42. The first kappa shape index (κ1) is 17.9. The lowest BCUT2D eigenvalue weighted by atomic mass is 10.1. The number of nitrogens with zero attached hydrogens (tertiary/aromatic N) is 3. The van der Waals surface area contributed by atoms with Gasteiger partial charge in [0, 0.05) is 32.7 Å². The van der Waals surface area contributed by atoms with Crippen molar-refractivity contribution in [1.82, 2.24) is 9.80 Å². The maximum absolute atomic E-state index is 11.9. The van der Waals surface area contributed by atoms with Crippen molar-refractivity contribution in [3.63, 3.8) is 0 Å². The van der Waals surface area contributed by atoms with E-state index in [0.29, 0.717) is 6.54 Å². The van der Waals surface area contributed by atoms with Crippen LogP contribution in [-0.4, -0.2) is 61.9 Å². The second-order valence-electron chi connectivity index (χ2n) is 6.24. The van der Waals surface area contributed by atoms with Gasteiger partial charge >= 0.3 is 0 Å². The van der Waals surface area contributed by atoms with Gasteiger partial charge in [-0.3, -0.25) is 9.80 Å². The first-order valence-electron chi connectivity index (χ1n) is 8.06. The minimum Gasteiger partial charge on any atom is -0.300 e. The lowest BCUT2D eigenvalue weighted by molar-refractivity contribution is 0.119. The summed E-state index contributed by atoms with van der Waals surface area (Å²) in [5.41, 5.74) is 1.02. The molecule has 126 valence electrons. The molecule has 0 spiro atoms. The van der Waals surface area contributed by atoms with Crippen LogP contribution in [0.5, 0.6) is 0 Å². The lowest BCUT2D eigenvalue weighted by Crippen LogP contribution is -2.48. The van der Waals surface area contributed by atoms with E-state index in [1.807, 2.05) is 30.3 Å². The zero-order valence-electron chi connectivity index (χ0n) is 13.9. The van der Waals surface area contributed by atoms with Gasteiger partial charge in [-0.25, -0.2) is 8.42 Å². The molecule has 1 heterocycles. The highest BCUT2D eigenvalue weighted by molar-refractivity contribution is 7.92. The molecule has 23 heavy (non-hydrogen) atoms. The van der Waals surface area contributed by atoms with E-state index >= 15 is 0 Å². The van der Waals surface area contributed by atoms with E-state index in [9.17, 15) is 13.7 Å². The average Bonchev–Trinajstić information content (AvgIpc) is 2.56. The van der Waals surface area contributed by atoms with E-state index < -0.39 is 9.84 Å². The minimum atomic E-state index is -2.98. The quantitative estimate of drug-likeness (QED) is 0.791. The fraction of sp³-hybridized carbons (Fsp3) is 0.588. The van der Waals surface area contributed by atoms with Crippen molar-refractivity contribution in [2.45, 2.75) is 25.1 Å². The summed E-state index contributed by atoms with van der Waals surface area (Å²) < 4.78 is 23.8. The van der Waals surface area contributed by atoms with Crippen LogP contribution < -0.4 is 0 Å². The smallest absolute Gasteiger partial charge is 0.153 e. The zero-order valence-corrected chi connectivity index (χ0v) is 14.7. The molecule has 0 bridgehead atoms. The van der Waals surface area contributed by atoms with Gasteiger partial charge in [-0.1, -0.05) is 30.3 Å². The maximum atomic E-state index is 11.9. The first-order valence-corrected chi connectivity index (χ1v) is 9.78. The molecule has 1 aliphatic rings. The molecule has 5 nitrogen and oxygen atoms in total. The molecule has 6 heteroatoms. The van der Waals surface area contributed by atoms with Crippen molar-refractivity contribution in [3.05, 3.63) is 35.9 Å². The fourth-order valence-corrected chi connectivity index (χ4v) is 3.72. The molecule has 1 saturated heterocycles. The maximum Gasteiger partial charge on any atom is 0.153 e. The third kappa shape index (κ3) is 4.77. The van der Waals surface area contributed by atoms with Crippen LogP contribution in [0.2, 0.25) is 0 Å². The largest absolute Gasteiger partial charge is 0.300 e. The summed E-state index contributed by atoms with van der Waals surface area (Å²) in [6.07, 6.45) is 0. The Morgan fingerprint density at radius 2 is 1.74 bits per heavy atom. The van der Waals surface area contributed by atoms with Crippen LogP contribution in [0.4, 0.5) is 0 Å². The Kier molecular flexibility index (Phi) is 6.17. The van der Waals surface area contributed by atoms with Crippen LogP contribution >= 0.6 is 0 Å². The van der Waals surface area contributed by atoms with Gasteiger partial charge in [0.25, 0.3) is 0 Å². The van der Waals surface area contributed by atoms with Crippen LogP contribution in [0.15, 0.2) is 30.3 Å². The normalized spacial score (nSPS) is 18.7. The summed E-state index contributed by atoms with van der Waals surface area (Å²) in [4.78, 5) is 4.35. The number of hydrogen-bond donors (Lipinski definition) is 0. The van der Waals surface area contributed by atoms with Crippen molar-refractivity contribution in [2.24, 2.45) is 0 Å².